The lowest BCUT2D eigenvalue weighted by atomic mass is 10.0. The molecule has 1 fully saturated rings. The Morgan fingerprint density at radius 1 is 1.17 bits per heavy atom. The average Bonchev–Trinajstić information content (AvgIpc) is 2.78. The number of benzene rings is 2. The van der Waals surface area contributed by atoms with E-state index in [1.54, 1.807) is 14.2 Å². The zero-order valence-corrected chi connectivity index (χ0v) is 18.2. The Labute approximate surface area is 182 Å². The van der Waals surface area contributed by atoms with Crippen molar-refractivity contribution in [2.75, 3.05) is 47.1 Å². The molecule has 1 aliphatic heterocycles. The Hall–Kier alpha value is -2.48. The lowest BCUT2D eigenvalue weighted by Gasteiger charge is -2.35. The summed E-state index contributed by atoms with van der Waals surface area (Å²) < 4.78 is 16.1. The third-order valence-electron chi connectivity index (χ3n) is 5.08. The molecule has 0 bridgehead atoms. The van der Waals surface area contributed by atoms with Gasteiger partial charge in [0, 0.05) is 24.7 Å². The van der Waals surface area contributed by atoms with Gasteiger partial charge in [-0.1, -0.05) is 29.8 Å². The quantitative estimate of drug-likeness (QED) is 0.493. The average molecular weight is 433 g/mol. The molecule has 0 aromatic heterocycles. The van der Waals surface area contributed by atoms with Crippen LogP contribution in [0.1, 0.15) is 17.2 Å². The number of morpholine rings is 1. The molecule has 8 heteroatoms. The zero-order chi connectivity index (χ0) is 21.3. The van der Waals surface area contributed by atoms with Crippen LogP contribution in [0.5, 0.6) is 11.5 Å². The standard InChI is InChI=1S/C22H29ClN4O3/c1-28-20-7-6-16(12-21(20)29-2)14-25-22(24)26-15-19(27-8-10-30-11-9-27)17-4-3-5-18(23)13-17/h3-7,12-13,19H,8-11,14-15H2,1-2H3,(H3,24,25,26). The van der Waals surface area contributed by atoms with Gasteiger partial charge in [0.15, 0.2) is 17.5 Å². The van der Waals surface area contributed by atoms with E-state index in [1.807, 2.05) is 36.4 Å². The largest absolute Gasteiger partial charge is 0.493 e. The summed E-state index contributed by atoms with van der Waals surface area (Å²) in [5, 5.41) is 3.99. The molecule has 1 saturated heterocycles. The van der Waals surface area contributed by atoms with Crippen LogP contribution >= 0.6 is 11.6 Å². The van der Waals surface area contributed by atoms with E-state index >= 15 is 0 Å². The molecule has 2 aromatic rings. The van der Waals surface area contributed by atoms with Crippen LogP contribution < -0.4 is 20.5 Å². The second-order valence-corrected chi connectivity index (χ2v) is 7.43. The molecule has 3 rings (SSSR count). The summed E-state index contributed by atoms with van der Waals surface area (Å²) in [5.41, 5.74) is 8.27. The van der Waals surface area contributed by atoms with Crippen molar-refractivity contribution in [3.8, 4) is 11.5 Å². The Bertz CT molecular complexity index is 856. The molecule has 2 aromatic carbocycles. The van der Waals surface area contributed by atoms with Gasteiger partial charge in [0.05, 0.1) is 40.0 Å². The van der Waals surface area contributed by atoms with E-state index in [9.17, 15) is 0 Å². The molecule has 0 radical (unpaired) electrons. The number of hydrogen-bond acceptors (Lipinski definition) is 5. The van der Waals surface area contributed by atoms with E-state index in [-0.39, 0.29) is 6.04 Å². The molecule has 1 heterocycles. The number of rotatable bonds is 8. The monoisotopic (exact) mass is 432 g/mol. The van der Waals surface area contributed by atoms with Gasteiger partial charge in [-0.25, -0.2) is 4.99 Å². The summed E-state index contributed by atoms with van der Waals surface area (Å²) in [6.07, 6.45) is 0. The molecular formula is C22H29ClN4O3. The molecule has 0 saturated carbocycles. The summed E-state index contributed by atoms with van der Waals surface area (Å²) in [7, 11) is 3.23. The molecule has 1 aliphatic rings. The highest BCUT2D eigenvalue weighted by atomic mass is 35.5. The van der Waals surface area contributed by atoms with Gasteiger partial charge in [-0.05, 0) is 35.4 Å². The number of halogens is 1. The molecule has 0 amide bonds. The number of methoxy groups -OCH3 is 2. The van der Waals surface area contributed by atoms with Crippen LogP contribution in [0.3, 0.4) is 0 Å². The summed E-state index contributed by atoms with van der Waals surface area (Å²) in [4.78, 5) is 6.85. The fourth-order valence-electron chi connectivity index (χ4n) is 3.47. The maximum absolute atomic E-state index is 6.22. The number of nitrogens with one attached hydrogen (secondary N) is 1. The summed E-state index contributed by atoms with van der Waals surface area (Å²) in [6.45, 7) is 4.24. The van der Waals surface area contributed by atoms with Crippen molar-refractivity contribution in [3.05, 3.63) is 58.6 Å². The van der Waals surface area contributed by atoms with Gasteiger partial charge >= 0.3 is 0 Å². The smallest absolute Gasteiger partial charge is 0.188 e. The summed E-state index contributed by atoms with van der Waals surface area (Å²) in [6, 6.07) is 13.8. The fraction of sp³-hybridized carbons (Fsp3) is 0.409. The topological polar surface area (TPSA) is 81.3 Å². The van der Waals surface area contributed by atoms with Crippen molar-refractivity contribution >= 4 is 17.6 Å². The third kappa shape index (κ3) is 6.01. The second-order valence-electron chi connectivity index (χ2n) is 6.99. The maximum Gasteiger partial charge on any atom is 0.188 e. The number of nitrogens with two attached hydrogens (primary N) is 1. The van der Waals surface area contributed by atoms with Crippen LogP contribution in [0.2, 0.25) is 5.02 Å². The van der Waals surface area contributed by atoms with Gasteiger partial charge in [0.25, 0.3) is 0 Å². The molecular weight excluding hydrogens is 404 g/mol. The molecule has 1 atom stereocenters. The first-order valence-corrected chi connectivity index (χ1v) is 10.3. The number of hydrogen-bond donors (Lipinski definition) is 2. The van der Waals surface area contributed by atoms with E-state index in [1.165, 1.54) is 0 Å². The zero-order valence-electron chi connectivity index (χ0n) is 17.4. The van der Waals surface area contributed by atoms with Crippen LogP contribution in [0, 0.1) is 0 Å². The lowest BCUT2D eigenvalue weighted by Crippen LogP contribution is -2.45. The first-order chi connectivity index (χ1) is 14.6. The van der Waals surface area contributed by atoms with Crippen molar-refractivity contribution in [1.82, 2.24) is 10.2 Å². The Morgan fingerprint density at radius 2 is 1.93 bits per heavy atom. The van der Waals surface area contributed by atoms with Crippen LogP contribution in [0.25, 0.3) is 0 Å². The predicted molar refractivity (Wildman–Crippen MR) is 119 cm³/mol. The van der Waals surface area contributed by atoms with Crippen LogP contribution in [-0.2, 0) is 11.3 Å². The van der Waals surface area contributed by atoms with Crippen molar-refractivity contribution < 1.29 is 14.2 Å². The minimum atomic E-state index is 0.127. The van der Waals surface area contributed by atoms with E-state index < -0.39 is 0 Å². The van der Waals surface area contributed by atoms with Crippen LogP contribution in [0.15, 0.2) is 47.5 Å². The highest BCUT2D eigenvalue weighted by Gasteiger charge is 2.23. The van der Waals surface area contributed by atoms with Crippen molar-refractivity contribution in [2.24, 2.45) is 10.7 Å². The minimum Gasteiger partial charge on any atom is -0.493 e. The molecule has 1 unspecified atom stereocenters. The Balaban J connectivity index is 1.65. The predicted octanol–water partition coefficient (Wildman–Crippen LogP) is 2.84. The van der Waals surface area contributed by atoms with Crippen molar-refractivity contribution in [3.63, 3.8) is 0 Å². The molecule has 0 aliphatic carbocycles. The molecule has 162 valence electrons. The minimum absolute atomic E-state index is 0.127. The molecule has 7 nitrogen and oxygen atoms in total. The maximum atomic E-state index is 6.22. The third-order valence-corrected chi connectivity index (χ3v) is 5.31. The van der Waals surface area contributed by atoms with Gasteiger partial charge in [0.1, 0.15) is 0 Å². The highest BCUT2D eigenvalue weighted by Crippen LogP contribution is 2.28. The second kappa shape index (κ2) is 11.1. The SMILES string of the molecule is COc1ccc(CN=C(N)NCC(c2cccc(Cl)c2)N2CCOCC2)cc1OC. The van der Waals surface area contributed by atoms with E-state index in [0.29, 0.717) is 30.5 Å². The van der Waals surface area contributed by atoms with Gasteiger partial charge in [0.2, 0.25) is 0 Å². The van der Waals surface area contributed by atoms with E-state index in [2.05, 4.69) is 21.3 Å². The Morgan fingerprint density at radius 3 is 2.63 bits per heavy atom. The van der Waals surface area contributed by atoms with Crippen molar-refractivity contribution in [1.29, 1.82) is 0 Å². The number of guanidine groups is 1. The first kappa shape index (κ1) is 22.2. The van der Waals surface area contributed by atoms with E-state index in [0.717, 1.165) is 42.5 Å². The fourth-order valence-corrected chi connectivity index (χ4v) is 3.67. The number of nitrogens with zero attached hydrogens (tertiary/aromatic N) is 2. The van der Waals surface area contributed by atoms with Gasteiger partial charge in [-0.15, -0.1) is 0 Å². The molecule has 0 spiro atoms. The summed E-state index contributed by atoms with van der Waals surface area (Å²) in [5.74, 6) is 1.75. The van der Waals surface area contributed by atoms with Crippen LogP contribution in [0.4, 0.5) is 0 Å². The molecule has 3 N–H and O–H groups in total. The Kier molecular flexibility index (Phi) is 8.19. The van der Waals surface area contributed by atoms with Crippen LogP contribution in [-0.4, -0.2) is 57.9 Å². The normalized spacial score (nSPS) is 16.2. The highest BCUT2D eigenvalue weighted by molar-refractivity contribution is 6.30. The number of ether oxygens (including phenoxy) is 3. The van der Waals surface area contributed by atoms with Crippen molar-refractivity contribution in [2.45, 2.75) is 12.6 Å². The van der Waals surface area contributed by atoms with Gasteiger partial charge in [-0.3, -0.25) is 4.90 Å². The first-order valence-electron chi connectivity index (χ1n) is 9.92. The van der Waals surface area contributed by atoms with Gasteiger partial charge in [-0.2, -0.15) is 0 Å². The molecule has 30 heavy (non-hydrogen) atoms. The number of aliphatic imine (C=N–C) groups is 1. The lowest BCUT2D eigenvalue weighted by molar-refractivity contribution is 0.0170. The summed E-state index contributed by atoms with van der Waals surface area (Å²) >= 11 is 6.22. The van der Waals surface area contributed by atoms with Gasteiger partial charge < -0.3 is 25.3 Å². The van der Waals surface area contributed by atoms with E-state index in [4.69, 9.17) is 31.5 Å².